The summed E-state index contributed by atoms with van der Waals surface area (Å²) in [4.78, 5) is 25.5. The van der Waals surface area contributed by atoms with Gasteiger partial charge in [-0.3, -0.25) is 9.59 Å². The van der Waals surface area contributed by atoms with Crippen molar-refractivity contribution in [1.29, 1.82) is 0 Å². The molecule has 2 atom stereocenters. The van der Waals surface area contributed by atoms with Gasteiger partial charge in [0, 0.05) is 0 Å². The number of carbonyl (C=O) groups is 2. The van der Waals surface area contributed by atoms with E-state index in [1.807, 2.05) is 0 Å². The van der Waals surface area contributed by atoms with Crippen molar-refractivity contribution in [2.45, 2.75) is 44.9 Å². The minimum absolute atomic E-state index is 0.0460. The Hall–Kier alpha value is -1.58. The summed E-state index contributed by atoms with van der Waals surface area (Å²) in [7, 11) is 0. The van der Waals surface area contributed by atoms with E-state index >= 15 is 0 Å². The van der Waals surface area contributed by atoms with E-state index in [4.69, 9.17) is 9.47 Å². The van der Waals surface area contributed by atoms with Crippen LogP contribution in [0.15, 0.2) is 25.3 Å². The normalized spacial score (nSPS) is 26.4. The van der Waals surface area contributed by atoms with E-state index in [0.717, 1.165) is 32.1 Å². The molecule has 2 aliphatic carbocycles. The van der Waals surface area contributed by atoms with Crippen molar-refractivity contribution in [3.8, 4) is 0 Å². The topological polar surface area (TPSA) is 52.6 Å². The second kappa shape index (κ2) is 7.61. The van der Waals surface area contributed by atoms with Crippen LogP contribution in [0.4, 0.5) is 0 Å². The molecule has 0 heterocycles. The van der Waals surface area contributed by atoms with E-state index in [9.17, 15) is 9.59 Å². The summed E-state index contributed by atoms with van der Waals surface area (Å²) in [6.07, 6.45) is 9.78. The summed E-state index contributed by atoms with van der Waals surface area (Å²) in [5.74, 6) is -0.393. The molecular weight excluding hydrogens is 280 g/mol. The SMILES string of the molecule is C=CCOC(=O)C1(C(=O)OCC=C)CCCC2CCCCC21. The summed E-state index contributed by atoms with van der Waals surface area (Å²) in [5, 5.41) is 0. The second-order valence-electron chi connectivity index (χ2n) is 6.29. The van der Waals surface area contributed by atoms with Crippen LogP contribution in [0.1, 0.15) is 44.9 Å². The Balaban J connectivity index is 2.29. The second-order valence-corrected chi connectivity index (χ2v) is 6.29. The Labute approximate surface area is 132 Å². The maximum atomic E-state index is 12.7. The summed E-state index contributed by atoms with van der Waals surface area (Å²) in [5.41, 5.74) is -1.13. The zero-order chi connectivity index (χ0) is 16.0. The van der Waals surface area contributed by atoms with Crippen LogP contribution in [0.3, 0.4) is 0 Å². The molecule has 2 fully saturated rings. The first-order chi connectivity index (χ1) is 10.7. The molecule has 0 aliphatic heterocycles. The molecule has 0 N–H and O–H groups in total. The van der Waals surface area contributed by atoms with Crippen LogP contribution in [0.5, 0.6) is 0 Å². The van der Waals surface area contributed by atoms with Gasteiger partial charge in [-0.15, -0.1) is 0 Å². The van der Waals surface area contributed by atoms with Gasteiger partial charge < -0.3 is 9.47 Å². The quantitative estimate of drug-likeness (QED) is 0.428. The molecule has 0 aromatic rings. The zero-order valence-corrected chi connectivity index (χ0v) is 13.2. The molecule has 4 heteroatoms. The van der Waals surface area contributed by atoms with Gasteiger partial charge in [-0.05, 0) is 24.7 Å². The Morgan fingerprint density at radius 2 is 1.50 bits per heavy atom. The smallest absolute Gasteiger partial charge is 0.324 e. The van der Waals surface area contributed by atoms with Crippen molar-refractivity contribution in [2.24, 2.45) is 17.3 Å². The number of ether oxygens (including phenoxy) is 2. The number of fused-ring (bicyclic) bond motifs is 1. The van der Waals surface area contributed by atoms with E-state index in [2.05, 4.69) is 13.2 Å². The lowest BCUT2D eigenvalue weighted by Gasteiger charge is -2.46. The van der Waals surface area contributed by atoms with Gasteiger partial charge in [0.05, 0.1) is 0 Å². The third-order valence-electron chi connectivity index (χ3n) is 5.08. The molecular formula is C18H26O4. The summed E-state index contributed by atoms with van der Waals surface area (Å²) in [6, 6.07) is 0. The molecule has 4 nitrogen and oxygen atoms in total. The maximum absolute atomic E-state index is 12.7. The van der Waals surface area contributed by atoms with E-state index in [1.54, 1.807) is 0 Å². The molecule has 22 heavy (non-hydrogen) atoms. The Morgan fingerprint density at radius 3 is 2.09 bits per heavy atom. The van der Waals surface area contributed by atoms with Crippen LogP contribution in [0.25, 0.3) is 0 Å². The van der Waals surface area contributed by atoms with Crippen LogP contribution in [-0.4, -0.2) is 25.2 Å². The molecule has 2 unspecified atom stereocenters. The molecule has 0 radical (unpaired) electrons. The van der Waals surface area contributed by atoms with Gasteiger partial charge in [-0.2, -0.15) is 0 Å². The molecule has 122 valence electrons. The highest BCUT2D eigenvalue weighted by molar-refractivity contribution is 6.00. The summed E-state index contributed by atoms with van der Waals surface area (Å²) in [6.45, 7) is 7.40. The van der Waals surface area contributed by atoms with Gasteiger partial charge in [-0.25, -0.2) is 0 Å². The molecule has 0 spiro atoms. The molecule has 0 aromatic heterocycles. The average molecular weight is 306 g/mol. The van der Waals surface area contributed by atoms with E-state index < -0.39 is 17.4 Å². The van der Waals surface area contributed by atoms with Crippen LogP contribution in [-0.2, 0) is 19.1 Å². The molecule has 0 bridgehead atoms. The zero-order valence-electron chi connectivity index (χ0n) is 13.2. The van der Waals surface area contributed by atoms with Crippen LogP contribution >= 0.6 is 0 Å². The molecule has 0 amide bonds. The van der Waals surface area contributed by atoms with Crippen molar-refractivity contribution >= 4 is 11.9 Å². The van der Waals surface area contributed by atoms with Crippen LogP contribution in [0.2, 0.25) is 0 Å². The minimum atomic E-state index is -1.13. The standard InChI is InChI=1S/C18H26O4/c1-3-12-21-16(19)18(17(20)22-13-4-2)11-7-9-14-8-5-6-10-15(14)18/h3-4,14-15H,1-2,5-13H2. The van der Waals surface area contributed by atoms with Gasteiger partial charge in [0.1, 0.15) is 13.2 Å². The summed E-state index contributed by atoms with van der Waals surface area (Å²) < 4.78 is 10.6. The highest BCUT2D eigenvalue weighted by Gasteiger charge is 2.58. The maximum Gasteiger partial charge on any atom is 0.324 e. The van der Waals surface area contributed by atoms with Gasteiger partial charge in [0.2, 0.25) is 0 Å². The largest absolute Gasteiger partial charge is 0.461 e. The highest BCUT2D eigenvalue weighted by Crippen LogP contribution is 2.52. The average Bonchev–Trinajstić information content (AvgIpc) is 2.56. The third-order valence-corrected chi connectivity index (χ3v) is 5.08. The lowest BCUT2D eigenvalue weighted by molar-refractivity contribution is -0.183. The predicted octanol–water partition coefficient (Wildman–Crippen LogP) is 3.42. The molecule has 2 rings (SSSR count). The number of hydrogen-bond donors (Lipinski definition) is 0. The number of hydrogen-bond acceptors (Lipinski definition) is 4. The van der Waals surface area contributed by atoms with Gasteiger partial charge in [0.25, 0.3) is 0 Å². The lowest BCUT2D eigenvalue weighted by Crippen LogP contribution is -2.53. The van der Waals surface area contributed by atoms with Crippen molar-refractivity contribution in [3.63, 3.8) is 0 Å². The molecule has 2 aliphatic rings. The fraction of sp³-hybridized carbons (Fsp3) is 0.667. The van der Waals surface area contributed by atoms with Crippen molar-refractivity contribution in [1.82, 2.24) is 0 Å². The first-order valence-corrected chi connectivity index (χ1v) is 8.23. The van der Waals surface area contributed by atoms with Gasteiger partial charge >= 0.3 is 11.9 Å². The minimum Gasteiger partial charge on any atom is -0.461 e. The first-order valence-electron chi connectivity index (χ1n) is 8.23. The number of rotatable bonds is 6. The summed E-state index contributed by atoms with van der Waals surface area (Å²) >= 11 is 0. The van der Waals surface area contributed by atoms with Gasteiger partial charge in [-0.1, -0.05) is 57.4 Å². The van der Waals surface area contributed by atoms with Crippen molar-refractivity contribution in [2.75, 3.05) is 13.2 Å². The lowest BCUT2D eigenvalue weighted by atomic mass is 9.57. The van der Waals surface area contributed by atoms with Gasteiger partial charge in [0.15, 0.2) is 5.41 Å². The molecule has 0 aromatic carbocycles. The Kier molecular flexibility index (Phi) is 5.81. The van der Waals surface area contributed by atoms with Crippen molar-refractivity contribution < 1.29 is 19.1 Å². The monoisotopic (exact) mass is 306 g/mol. The third kappa shape index (κ3) is 3.11. The fourth-order valence-electron chi connectivity index (χ4n) is 4.15. The van der Waals surface area contributed by atoms with Crippen LogP contribution < -0.4 is 0 Å². The fourth-order valence-corrected chi connectivity index (χ4v) is 4.15. The number of esters is 2. The van der Waals surface area contributed by atoms with E-state index in [1.165, 1.54) is 18.6 Å². The van der Waals surface area contributed by atoms with Crippen molar-refractivity contribution in [3.05, 3.63) is 25.3 Å². The van der Waals surface area contributed by atoms with Crippen LogP contribution in [0, 0.1) is 17.3 Å². The highest BCUT2D eigenvalue weighted by atomic mass is 16.6. The predicted molar refractivity (Wildman–Crippen MR) is 84.0 cm³/mol. The Bertz CT molecular complexity index is 414. The molecule has 2 saturated carbocycles. The molecule has 0 saturated heterocycles. The van der Waals surface area contributed by atoms with E-state index in [0.29, 0.717) is 12.3 Å². The Morgan fingerprint density at radius 1 is 0.955 bits per heavy atom. The number of carbonyl (C=O) groups excluding carboxylic acids is 2. The van der Waals surface area contributed by atoms with E-state index in [-0.39, 0.29) is 19.1 Å². The first kappa shape index (κ1) is 16.8.